The number of rotatable bonds is 6. The Labute approximate surface area is 186 Å². The molecule has 0 saturated carbocycles. The first kappa shape index (κ1) is 21.2. The van der Waals surface area contributed by atoms with Gasteiger partial charge in [-0.1, -0.05) is 23.7 Å². The molecule has 1 fully saturated rings. The number of para-hydroxylation sites is 2. The summed E-state index contributed by atoms with van der Waals surface area (Å²) >= 11 is 6.31. The fraction of sp³-hybridized carbons (Fsp3) is 0.333. The Hall–Kier alpha value is -2.99. The van der Waals surface area contributed by atoms with Crippen LogP contribution in [0.5, 0.6) is 11.5 Å². The number of carbonyl (C=O) groups is 1. The molecule has 4 rings (SSSR count). The molecule has 1 aromatic heterocycles. The summed E-state index contributed by atoms with van der Waals surface area (Å²) in [4.78, 5) is 19.1. The van der Waals surface area contributed by atoms with Gasteiger partial charge in [-0.15, -0.1) is 0 Å². The summed E-state index contributed by atoms with van der Waals surface area (Å²) in [5, 5.41) is 0.451. The Balaban J connectivity index is 1.38. The van der Waals surface area contributed by atoms with Crippen LogP contribution in [0.4, 0.5) is 0 Å². The van der Waals surface area contributed by atoms with E-state index in [0.717, 1.165) is 35.4 Å². The first-order chi connectivity index (χ1) is 15.1. The second-order valence-electron chi connectivity index (χ2n) is 7.42. The first-order valence-electron chi connectivity index (χ1n) is 10.4. The minimum atomic E-state index is -0.0278. The Morgan fingerprint density at radius 1 is 1.29 bits per heavy atom. The van der Waals surface area contributed by atoms with Gasteiger partial charge in [0.2, 0.25) is 5.91 Å². The van der Waals surface area contributed by atoms with E-state index in [9.17, 15) is 4.79 Å². The lowest BCUT2D eigenvalue weighted by molar-refractivity contribution is -0.127. The molecule has 0 atom stereocenters. The molecule has 2 heterocycles. The van der Waals surface area contributed by atoms with E-state index in [-0.39, 0.29) is 11.8 Å². The van der Waals surface area contributed by atoms with E-state index >= 15 is 0 Å². The molecule has 0 aliphatic carbocycles. The summed E-state index contributed by atoms with van der Waals surface area (Å²) in [5.74, 6) is 2.02. The summed E-state index contributed by atoms with van der Waals surface area (Å²) in [6, 6.07) is 11.3. The third kappa shape index (κ3) is 4.69. The van der Waals surface area contributed by atoms with E-state index in [2.05, 4.69) is 4.98 Å². The van der Waals surface area contributed by atoms with Crippen LogP contribution in [0.25, 0.3) is 17.2 Å². The van der Waals surface area contributed by atoms with Gasteiger partial charge in [-0.3, -0.25) is 4.79 Å². The van der Waals surface area contributed by atoms with Gasteiger partial charge in [0.15, 0.2) is 23.0 Å². The average Bonchev–Trinajstić information content (AvgIpc) is 3.23. The molecule has 2 aromatic carbocycles. The van der Waals surface area contributed by atoms with Gasteiger partial charge in [0.05, 0.1) is 18.7 Å². The zero-order valence-corrected chi connectivity index (χ0v) is 18.4. The van der Waals surface area contributed by atoms with Gasteiger partial charge in [0, 0.05) is 25.1 Å². The van der Waals surface area contributed by atoms with Crippen molar-refractivity contribution in [2.24, 2.45) is 0 Å². The molecule has 1 saturated heterocycles. The highest BCUT2D eigenvalue weighted by atomic mass is 35.5. The lowest BCUT2D eigenvalue weighted by Gasteiger charge is -2.29. The second kappa shape index (κ2) is 9.43. The monoisotopic (exact) mass is 440 g/mol. The lowest BCUT2D eigenvalue weighted by atomic mass is 9.96. The highest BCUT2D eigenvalue weighted by Crippen LogP contribution is 2.37. The van der Waals surface area contributed by atoms with Crippen molar-refractivity contribution in [2.45, 2.75) is 25.7 Å². The van der Waals surface area contributed by atoms with E-state index in [0.29, 0.717) is 36.2 Å². The molecule has 0 N–H and O–H groups in total. The van der Waals surface area contributed by atoms with Crippen LogP contribution in [0, 0.1) is 0 Å². The van der Waals surface area contributed by atoms with Gasteiger partial charge in [-0.25, -0.2) is 4.98 Å². The summed E-state index contributed by atoms with van der Waals surface area (Å²) in [6.45, 7) is 3.71. The zero-order chi connectivity index (χ0) is 21.8. The van der Waals surface area contributed by atoms with Crippen LogP contribution in [0.15, 0.2) is 46.9 Å². The number of likely N-dealkylation sites (tertiary alicyclic amines) is 1. The Morgan fingerprint density at radius 3 is 2.77 bits per heavy atom. The van der Waals surface area contributed by atoms with E-state index in [1.54, 1.807) is 31.4 Å². The van der Waals surface area contributed by atoms with Crippen LogP contribution >= 0.6 is 11.6 Å². The van der Waals surface area contributed by atoms with Crippen molar-refractivity contribution in [3.63, 3.8) is 0 Å². The van der Waals surface area contributed by atoms with Crippen LogP contribution in [0.2, 0.25) is 5.02 Å². The molecule has 3 aromatic rings. The number of piperidine rings is 1. The number of methoxy groups -OCH3 is 1. The van der Waals surface area contributed by atoms with Crippen molar-refractivity contribution in [3.8, 4) is 11.5 Å². The number of fused-ring (bicyclic) bond motifs is 1. The molecule has 0 unspecified atom stereocenters. The zero-order valence-electron chi connectivity index (χ0n) is 17.6. The predicted molar refractivity (Wildman–Crippen MR) is 121 cm³/mol. The van der Waals surface area contributed by atoms with Crippen molar-refractivity contribution in [1.82, 2.24) is 9.88 Å². The lowest BCUT2D eigenvalue weighted by Crippen LogP contribution is -2.36. The van der Waals surface area contributed by atoms with Crippen molar-refractivity contribution in [1.29, 1.82) is 0 Å². The molecule has 1 amide bonds. The summed E-state index contributed by atoms with van der Waals surface area (Å²) in [6.07, 6.45) is 4.98. The molecular formula is C24H25ClN2O4. The number of ether oxygens (including phenoxy) is 2. The molecule has 1 aliphatic heterocycles. The number of aromatic nitrogens is 1. The predicted octanol–water partition coefficient (Wildman–Crippen LogP) is 5.31. The number of carbonyl (C=O) groups excluding carboxylic acids is 1. The largest absolute Gasteiger partial charge is 0.493 e. The van der Waals surface area contributed by atoms with Crippen molar-refractivity contribution < 1.29 is 18.7 Å². The van der Waals surface area contributed by atoms with E-state index in [1.807, 2.05) is 36.1 Å². The quantitative estimate of drug-likeness (QED) is 0.486. The van der Waals surface area contributed by atoms with E-state index in [4.69, 9.17) is 25.5 Å². The highest BCUT2D eigenvalue weighted by molar-refractivity contribution is 6.32. The summed E-state index contributed by atoms with van der Waals surface area (Å²) < 4.78 is 16.8. The van der Waals surface area contributed by atoms with Crippen LogP contribution in [-0.2, 0) is 4.79 Å². The normalized spacial score (nSPS) is 15.0. The Kier molecular flexibility index (Phi) is 6.47. The molecule has 0 bridgehead atoms. The standard InChI is InChI=1S/C24H25ClN2O4/c1-3-30-23-18(25)14-16(15-21(23)29-2)8-9-22(28)27-12-10-17(11-13-27)24-26-19-6-4-5-7-20(19)31-24/h4-9,14-15,17H,3,10-13H2,1-2H3/b9-8+. The third-order valence-electron chi connectivity index (χ3n) is 5.43. The maximum absolute atomic E-state index is 12.7. The number of benzene rings is 2. The number of amides is 1. The highest BCUT2D eigenvalue weighted by Gasteiger charge is 2.26. The Bertz CT molecular complexity index is 1070. The van der Waals surface area contributed by atoms with Crippen molar-refractivity contribution in [3.05, 3.63) is 59.0 Å². The van der Waals surface area contributed by atoms with Crippen LogP contribution < -0.4 is 9.47 Å². The van der Waals surface area contributed by atoms with Gasteiger partial charge < -0.3 is 18.8 Å². The van der Waals surface area contributed by atoms with Crippen LogP contribution in [0.3, 0.4) is 0 Å². The smallest absolute Gasteiger partial charge is 0.246 e. The average molecular weight is 441 g/mol. The minimum Gasteiger partial charge on any atom is -0.493 e. The topological polar surface area (TPSA) is 64.8 Å². The van der Waals surface area contributed by atoms with Gasteiger partial charge in [-0.05, 0) is 55.7 Å². The maximum atomic E-state index is 12.7. The summed E-state index contributed by atoms with van der Waals surface area (Å²) in [5.41, 5.74) is 2.46. The Morgan fingerprint density at radius 2 is 2.06 bits per heavy atom. The molecular weight excluding hydrogens is 416 g/mol. The minimum absolute atomic E-state index is 0.0278. The van der Waals surface area contributed by atoms with Crippen LogP contribution in [0.1, 0.15) is 37.1 Å². The molecule has 31 heavy (non-hydrogen) atoms. The van der Waals surface area contributed by atoms with Crippen molar-refractivity contribution in [2.75, 3.05) is 26.8 Å². The molecule has 7 heteroatoms. The summed E-state index contributed by atoms with van der Waals surface area (Å²) in [7, 11) is 1.56. The number of hydrogen-bond donors (Lipinski definition) is 0. The first-order valence-corrected chi connectivity index (χ1v) is 10.8. The van der Waals surface area contributed by atoms with E-state index in [1.165, 1.54) is 0 Å². The fourth-order valence-electron chi connectivity index (χ4n) is 3.80. The maximum Gasteiger partial charge on any atom is 0.246 e. The van der Waals surface area contributed by atoms with Gasteiger partial charge in [0.25, 0.3) is 0 Å². The van der Waals surface area contributed by atoms with E-state index < -0.39 is 0 Å². The number of hydrogen-bond acceptors (Lipinski definition) is 5. The number of oxazole rings is 1. The molecule has 162 valence electrons. The molecule has 0 radical (unpaired) electrons. The third-order valence-corrected chi connectivity index (χ3v) is 5.71. The fourth-order valence-corrected chi connectivity index (χ4v) is 4.08. The SMILES string of the molecule is CCOc1c(Cl)cc(/C=C/C(=O)N2CCC(c3nc4ccccc4o3)CC2)cc1OC. The van der Waals surface area contributed by atoms with Gasteiger partial charge in [0.1, 0.15) is 5.52 Å². The van der Waals surface area contributed by atoms with Gasteiger partial charge in [-0.2, -0.15) is 0 Å². The number of halogens is 1. The van der Waals surface area contributed by atoms with Gasteiger partial charge >= 0.3 is 0 Å². The second-order valence-corrected chi connectivity index (χ2v) is 7.83. The molecule has 1 aliphatic rings. The van der Waals surface area contributed by atoms with Crippen molar-refractivity contribution >= 4 is 34.7 Å². The molecule has 0 spiro atoms. The molecule has 6 nitrogen and oxygen atoms in total. The number of nitrogens with zero attached hydrogens (tertiary/aromatic N) is 2. The van der Waals surface area contributed by atoms with Crippen LogP contribution in [-0.4, -0.2) is 42.6 Å².